The largest absolute Gasteiger partial charge is 0.480 e. The van der Waals surface area contributed by atoms with Gasteiger partial charge in [-0.05, 0) is 24.8 Å². The Morgan fingerprint density at radius 2 is 1.42 bits per heavy atom. The lowest BCUT2D eigenvalue weighted by Gasteiger charge is -2.25. The van der Waals surface area contributed by atoms with Gasteiger partial charge in [0, 0.05) is 12.2 Å². The Morgan fingerprint density at radius 3 is 1.90 bits per heavy atom. The summed E-state index contributed by atoms with van der Waals surface area (Å²) in [6.07, 6.45) is 0.491. The molecule has 1 aromatic rings. The molecule has 6 N–H and O–H groups in total. The minimum Gasteiger partial charge on any atom is -0.480 e. The molecule has 0 aromatic heterocycles. The van der Waals surface area contributed by atoms with Gasteiger partial charge in [0.2, 0.25) is 17.7 Å². The molecule has 0 saturated heterocycles. The zero-order valence-corrected chi connectivity index (χ0v) is 18.9. The molecule has 172 valence electrons. The summed E-state index contributed by atoms with van der Waals surface area (Å²) in [5, 5.41) is 16.8. The van der Waals surface area contributed by atoms with Crippen molar-refractivity contribution in [2.75, 3.05) is 5.75 Å². The summed E-state index contributed by atoms with van der Waals surface area (Å²) in [5.74, 6) is -2.95. The lowest BCUT2D eigenvalue weighted by Crippen LogP contribution is -2.57. The van der Waals surface area contributed by atoms with Gasteiger partial charge in [-0.2, -0.15) is 12.6 Å². The number of carboxylic acid groups (broad SMARTS) is 1. The molecular formula is C21H32N4O5S. The molecule has 1 aromatic carbocycles. The van der Waals surface area contributed by atoms with E-state index in [4.69, 9.17) is 10.8 Å². The molecule has 0 heterocycles. The number of hydrogen-bond acceptors (Lipinski definition) is 6. The number of thiol groups is 1. The molecule has 31 heavy (non-hydrogen) atoms. The zero-order chi connectivity index (χ0) is 23.6. The topological polar surface area (TPSA) is 151 Å². The molecule has 0 bridgehead atoms. The Balaban J connectivity index is 3.02. The fourth-order valence-corrected chi connectivity index (χ4v) is 3.04. The lowest BCUT2D eigenvalue weighted by atomic mass is 10.0. The number of nitrogens with two attached hydrogens (primary N) is 1. The van der Waals surface area contributed by atoms with Crippen LogP contribution >= 0.6 is 12.6 Å². The molecule has 10 heteroatoms. The first-order valence-corrected chi connectivity index (χ1v) is 10.7. The van der Waals surface area contributed by atoms with Gasteiger partial charge in [-0.1, -0.05) is 44.2 Å². The van der Waals surface area contributed by atoms with E-state index in [2.05, 4.69) is 28.6 Å². The number of aliphatic carboxylic acids is 1. The lowest BCUT2D eigenvalue weighted by molar-refractivity contribution is -0.141. The monoisotopic (exact) mass is 452 g/mol. The first-order chi connectivity index (χ1) is 14.5. The second-order valence-corrected chi connectivity index (χ2v) is 8.18. The maximum Gasteiger partial charge on any atom is 0.327 e. The second kappa shape index (κ2) is 13.0. The minimum absolute atomic E-state index is 0.0431. The first kappa shape index (κ1) is 26.4. The van der Waals surface area contributed by atoms with Crippen LogP contribution in [-0.2, 0) is 25.6 Å². The summed E-state index contributed by atoms with van der Waals surface area (Å²) in [6.45, 7) is 5.25. The van der Waals surface area contributed by atoms with Crippen LogP contribution in [0.2, 0.25) is 0 Å². The van der Waals surface area contributed by atoms with Crippen LogP contribution in [0.25, 0.3) is 0 Å². The van der Waals surface area contributed by atoms with E-state index in [1.807, 2.05) is 44.2 Å². The van der Waals surface area contributed by atoms with E-state index >= 15 is 0 Å². The Morgan fingerprint density at radius 1 is 0.903 bits per heavy atom. The third-order valence-corrected chi connectivity index (χ3v) is 4.83. The van der Waals surface area contributed by atoms with Crippen LogP contribution in [0.1, 0.15) is 32.8 Å². The first-order valence-electron chi connectivity index (χ1n) is 10.1. The summed E-state index contributed by atoms with van der Waals surface area (Å²) < 4.78 is 0. The van der Waals surface area contributed by atoms with Gasteiger partial charge in [-0.3, -0.25) is 14.4 Å². The Labute approximate surface area is 187 Å². The summed E-state index contributed by atoms with van der Waals surface area (Å²) in [6, 6.07) is 5.19. The van der Waals surface area contributed by atoms with Gasteiger partial charge in [0.25, 0.3) is 0 Å². The third-order valence-electron chi connectivity index (χ3n) is 4.47. The molecule has 9 nitrogen and oxygen atoms in total. The van der Waals surface area contributed by atoms with E-state index in [1.54, 1.807) is 0 Å². The SMILES string of the molecule is CC(C)CC(NC(=O)C(Cc1ccccc1)NC(=O)C(C)N)C(=O)NC(CS)C(=O)O. The molecule has 0 aliphatic rings. The van der Waals surface area contributed by atoms with Crippen molar-refractivity contribution in [2.45, 2.75) is 57.8 Å². The van der Waals surface area contributed by atoms with E-state index in [9.17, 15) is 19.2 Å². The molecule has 0 fully saturated rings. The molecule has 0 spiro atoms. The highest BCUT2D eigenvalue weighted by Crippen LogP contribution is 2.09. The molecule has 0 aliphatic heterocycles. The maximum absolute atomic E-state index is 13.0. The number of carbonyl (C=O) groups excluding carboxylic acids is 3. The highest BCUT2D eigenvalue weighted by molar-refractivity contribution is 7.80. The normalized spacial score (nSPS) is 14.8. The van der Waals surface area contributed by atoms with E-state index in [0.29, 0.717) is 0 Å². The standard InChI is InChI=1S/C21H32N4O5S/c1-12(2)9-15(19(27)25-17(11-31)21(29)30)24-20(28)16(23-18(26)13(3)22)10-14-7-5-4-6-8-14/h4-8,12-13,15-17,31H,9-11,22H2,1-3H3,(H,23,26)(H,24,28)(H,25,27)(H,29,30). The van der Waals surface area contributed by atoms with Crippen LogP contribution in [0.5, 0.6) is 0 Å². The van der Waals surface area contributed by atoms with Gasteiger partial charge in [0.15, 0.2) is 0 Å². The van der Waals surface area contributed by atoms with Crippen molar-refractivity contribution in [2.24, 2.45) is 11.7 Å². The molecule has 0 saturated carbocycles. The fraction of sp³-hybridized carbons (Fsp3) is 0.524. The average molecular weight is 453 g/mol. The quantitative estimate of drug-likeness (QED) is 0.247. The van der Waals surface area contributed by atoms with Crippen molar-refractivity contribution in [3.63, 3.8) is 0 Å². The molecule has 0 aliphatic carbocycles. The number of carboxylic acids is 1. The van der Waals surface area contributed by atoms with Gasteiger partial charge in [-0.15, -0.1) is 0 Å². The van der Waals surface area contributed by atoms with Gasteiger partial charge < -0.3 is 26.8 Å². The minimum atomic E-state index is -1.22. The predicted molar refractivity (Wildman–Crippen MR) is 121 cm³/mol. The average Bonchev–Trinajstić information content (AvgIpc) is 2.70. The van der Waals surface area contributed by atoms with Gasteiger partial charge in [0.05, 0.1) is 6.04 Å². The van der Waals surface area contributed by atoms with E-state index in [-0.39, 0.29) is 24.5 Å². The number of nitrogens with one attached hydrogen (secondary N) is 3. The summed E-state index contributed by atoms with van der Waals surface area (Å²) in [4.78, 5) is 49.0. The van der Waals surface area contributed by atoms with Crippen molar-refractivity contribution in [1.29, 1.82) is 0 Å². The highest BCUT2D eigenvalue weighted by atomic mass is 32.1. The molecule has 3 amide bonds. The molecule has 4 unspecified atom stereocenters. The maximum atomic E-state index is 13.0. The molecule has 4 atom stereocenters. The summed E-state index contributed by atoms with van der Waals surface area (Å²) in [5.41, 5.74) is 6.44. The van der Waals surface area contributed by atoms with Gasteiger partial charge in [-0.25, -0.2) is 4.79 Å². The Bertz CT molecular complexity index is 757. The number of amides is 3. The van der Waals surface area contributed by atoms with E-state index in [1.165, 1.54) is 6.92 Å². The fourth-order valence-electron chi connectivity index (χ4n) is 2.80. The predicted octanol–water partition coefficient (Wildman–Crippen LogP) is 0.0912. The molecule has 1 rings (SSSR count). The Hall–Kier alpha value is -2.59. The van der Waals surface area contributed by atoms with Crippen molar-refractivity contribution in [3.05, 3.63) is 35.9 Å². The van der Waals surface area contributed by atoms with Crippen molar-refractivity contribution >= 4 is 36.3 Å². The summed E-state index contributed by atoms with van der Waals surface area (Å²) in [7, 11) is 0. The van der Waals surface area contributed by atoms with Crippen LogP contribution in [0, 0.1) is 5.92 Å². The Kier molecular flexibility index (Phi) is 11.1. The van der Waals surface area contributed by atoms with Crippen molar-refractivity contribution in [3.8, 4) is 0 Å². The van der Waals surface area contributed by atoms with Crippen LogP contribution in [0.15, 0.2) is 30.3 Å². The number of rotatable bonds is 12. The smallest absolute Gasteiger partial charge is 0.327 e. The van der Waals surface area contributed by atoms with Gasteiger partial charge in [0.1, 0.15) is 18.1 Å². The zero-order valence-electron chi connectivity index (χ0n) is 18.0. The van der Waals surface area contributed by atoms with Crippen molar-refractivity contribution < 1.29 is 24.3 Å². The number of benzene rings is 1. The number of carbonyl (C=O) groups is 4. The molecule has 0 radical (unpaired) electrons. The van der Waals surface area contributed by atoms with Crippen LogP contribution < -0.4 is 21.7 Å². The van der Waals surface area contributed by atoms with Crippen molar-refractivity contribution in [1.82, 2.24) is 16.0 Å². The van der Waals surface area contributed by atoms with Crippen LogP contribution in [0.3, 0.4) is 0 Å². The van der Waals surface area contributed by atoms with Crippen LogP contribution in [0.4, 0.5) is 0 Å². The highest BCUT2D eigenvalue weighted by Gasteiger charge is 2.30. The summed E-state index contributed by atoms with van der Waals surface area (Å²) >= 11 is 3.94. The molecular weight excluding hydrogens is 420 g/mol. The number of hydrogen-bond donors (Lipinski definition) is 6. The van der Waals surface area contributed by atoms with E-state index in [0.717, 1.165) is 5.56 Å². The third kappa shape index (κ3) is 9.39. The second-order valence-electron chi connectivity index (χ2n) is 7.81. The van der Waals surface area contributed by atoms with Gasteiger partial charge >= 0.3 is 5.97 Å². The van der Waals surface area contributed by atoms with Crippen LogP contribution in [-0.4, -0.2) is 58.7 Å². The van der Waals surface area contributed by atoms with E-state index < -0.39 is 47.9 Å².